The minimum atomic E-state index is -0.267. The number of imidazole rings is 1. The molecule has 0 radical (unpaired) electrons. The van der Waals surface area contributed by atoms with Gasteiger partial charge in [-0.25, -0.2) is 14.4 Å². The molecule has 4 aromatic heterocycles. The van der Waals surface area contributed by atoms with Gasteiger partial charge in [-0.1, -0.05) is 0 Å². The Morgan fingerprint density at radius 2 is 1.93 bits per heavy atom. The molecule has 0 bridgehead atoms. The molecular formula is C21H17FN6. The fraction of sp³-hybridized carbons (Fsp3) is 0.0952. The van der Waals surface area contributed by atoms with Crippen LogP contribution in [0.2, 0.25) is 0 Å². The molecule has 6 nitrogen and oxygen atoms in total. The highest BCUT2D eigenvalue weighted by Gasteiger charge is 2.18. The Labute approximate surface area is 160 Å². The highest BCUT2D eigenvalue weighted by atomic mass is 19.1. The first-order chi connectivity index (χ1) is 13.7. The van der Waals surface area contributed by atoms with Crippen LogP contribution in [0.3, 0.4) is 0 Å². The van der Waals surface area contributed by atoms with Gasteiger partial charge in [0, 0.05) is 47.7 Å². The number of fused-ring (bicyclic) bond motifs is 1. The molecule has 0 fully saturated rings. The summed E-state index contributed by atoms with van der Waals surface area (Å²) in [7, 11) is 1.90. The van der Waals surface area contributed by atoms with E-state index in [4.69, 9.17) is 0 Å². The van der Waals surface area contributed by atoms with Crippen molar-refractivity contribution in [1.29, 1.82) is 0 Å². The SMILES string of the molecule is Cn1cc(Cn2cnc(-c3ccc(F)cc3)c2-c2ccnc3[nH]ccc23)cn1. The van der Waals surface area contributed by atoms with Crippen LogP contribution in [-0.2, 0) is 13.6 Å². The molecule has 28 heavy (non-hydrogen) atoms. The Balaban J connectivity index is 1.72. The van der Waals surface area contributed by atoms with Crippen molar-refractivity contribution < 1.29 is 4.39 Å². The second-order valence-electron chi connectivity index (χ2n) is 6.70. The average Bonchev–Trinajstić information content (AvgIpc) is 3.42. The second-order valence-corrected chi connectivity index (χ2v) is 6.70. The number of nitrogens with zero attached hydrogens (tertiary/aromatic N) is 5. The van der Waals surface area contributed by atoms with Gasteiger partial charge in [-0.2, -0.15) is 5.10 Å². The number of aryl methyl sites for hydroxylation is 1. The van der Waals surface area contributed by atoms with Gasteiger partial charge in [0.25, 0.3) is 0 Å². The summed E-state index contributed by atoms with van der Waals surface area (Å²) in [6.07, 6.45) is 9.31. The van der Waals surface area contributed by atoms with E-state index in [0.717, 1.165) is 39.1 Å². The summed E-state index contributed by atoms with van der Waals surface area (Å²) in [5, 5.41) is 5.27. The molecule has 4 heterocycles. The maximum absolute atomic E-state index is 13.4. The summed E-state index contributed by atoms with van der Waals surface area (Å²) < 4.78 is 17.3. The molecule has 1 N–H and O–H groups in total. The molecule has 0 unspecified atom stereocenters. The summed E-state index contributed by atoms with van der Waals surface area (Å²) in [6.45, 7) is 0.631. The number of halogens is 1. The zero-order chi connectivity index (χ0) is 19.1. The van der Waals surface area contributed by atoms with Crippen LogP contribution in [0.15, 0.2) is 67.5 Å². The molecule has 0 aliphatic heterocycles. The van der Waals surface area contributed by atoms with Gasteiger partial charge in [-0.05, 0) is 36.4 Å². The number of hydrogen-bond acceptors (Lipinski definition) is 3. The molecule has 0 aliphatic carbocycles. The van der Waals surface area contributed by atoms with Crippen molar-refractivity contribution in [3.05, 3.63) is 78.9 Å². The highest BCUT2D eigenvalue weighted by molar-refractivity contribution is 5.95. The Morgan fingerprint density at radius 3 is 2.71 bits per heavy atom. The highest BCUT2D eigenvalue weighted by Crippen LogP contribution is 2.35. The first-order valence-electron chi connectivity index (χ1n) is 8.90. The summed E-state index contributed by atoms with van der Waals surface area (Å²) in [5.74, 6) is -0.267. The number of rotatable bonds is 4. The maximum Gasteiger partial charge on any atom is 0.137 e. The van der Waals surface area contributed by atoms with Gasteiger partial charge in [0.15, 0.2) is 0 Å². The molecular weight excluding hydrogens is 355 g/mol. The smallest absolute Gasteiger partial charge is 0.137 e. The van der Waals surface area contributed by atoms with Gasteiger partial charge in [-0.3, -0.25) is 4.68 Å². The minimum Gasteiger partial charge on any atom is -0.346 e. The average molecular weight is 372 g/mol. The number of H-pyrrole nitrogens is 1. The number of aromatic nitrogens is 6. The molecule has 0 atom stereocenters. The Morgan fingerprint density at radius 1 is 1.07 bits per heavy atom. The molecule has 0 aliphatic rings. The lowest BCUT2D eigenvalue weighted by Gasteiger charge is -2.11. The summed E-state index contributed by atoms with van der Waals surface area (Å²) in [4.78, 5) is 12.2. The first kappa shape index (κ1) is 16.4. The minimum absolute atomic E-state index is 0.267. The molecule has 0 spiro atoms. The number of aromatic amines is 1. The van der Waals surface area contributed by atoms with E-state index in [2.05, 4.69) is 24.6 Å². The molecule has 5 aromatic rings. The largest absolute Gasteiger partial charge is 0.346 e. The fourth-order valence-corrected chi connectivity index (χ4v) is 3.52. The number of nitrogens with one attached hydrogen (secondary N) is 1. The zero-order valence-electron chi connectivity index (χ0n) is 15.2. The van der Waals surface area contributed by atoms with Gasteiger partial charge < -0.3 is 9.55 Å². The van der Waals surface area contributed by atoms with E-state index >= 15 is 0 Å². The van der Waals surface area contributed by atoms with E-state index in [1.54, 1.807) is 23.0 Å². The number of pyridine rings is 1. The summed E-state index contributed by atoms with van der Waals surface area (Å²) >= 11 is 0. The standard InChI is InChI=1S/C21H17FN6/c1-27-11-14(10-26-27)12-28-13-25-19(15-2-4-16(22)5-3-15)20(28)17-6-8-23-21-18(17)7-9-24-21/h2-11,13H,12H2,1H3,(H,23,24). The number of hydrogen-bond donors (Lipinski definition) is 1. The lowest BCUT2D eigenvalue weighted by atomic mass is 10.0. The van der Waals surface area contributed by atoms with Crippen LogP contribution < -0.4 is 0 Å². The van der Waals surface area contributed by atoms with E-state index in [1.807, 2.05) is 44.1 Å². The van der Waals surface area contributed by atoms with Crippen molar-refractivity contribution >= 4 is 11.0 Å². The van der Waals surface area contributed by atoms with Crippen LogP contribution in [0, 0.1) is 5.82 Å². The monoisotopic (exact) mass is 372 g/mol. The van der Waals surface area contributed by atoms with Crippen molar-refractivity contribution in [2.75, 3.05) is 0 Å². The van der Waals surface area contributed by atoms with Gasteiger partial charge in [0.2, 0.25) is 0 Å². The Bertz CT molecular complexity index is 1260. The predicted octanol–water partition coefficient (Wildman–Crippen LogP) is 4.01. The van der Waals surface area contributed by atoms with Crippen molar-refractivity contribution in [3.8, 4) is 22.5 Å². The third-order valence-corrected chi connectivity index (χ3v) is 4.78. The van der Waals surface area contributed by atoms with Crippen molar-refractivity contribution in [3.63, 3.8) is 0 Å². The fourth-order valence-electron chi connectivity index (χ4n) is 3.52. The third-order valence-electron chi connectivity index (χ3n) is 4.78. The third kappa shape index (κ3) is 2.77. The molecule has 138 valence electrons. The molecule has 1 aromatic carbocycles. The lowest BCUT2D eigenvalue weighted by Crippen LogP contribution is -2.01. The first-order valence-corrected chi connectivity index (χ1v) is 8.90. The van der Waals surface area contributed by atoms with E-state index in [9.17, 15) is 4.39 Å². The summed E-state index contributed by atoms with van der Waals surface area (Å²) in [6, 6.07) is 10.4. The quantitative estimate of drug-likeness (QED) is 0.518. The van der Waals surface area contributed by atoms with Crippen molar-refractivity contribution in [2.24, 2.45) is 7.05 Å². The molecule has 0 amide bonds. The van der Waals surface area contributed by atoms with Gasteiger partial charge >= 0.3 is 0 Å². The van der Waals surface area contributed by atoms with Crippen LogP contribution in [-0.4, -0.2) is 29.3 Å². The van der Waals surface area contributed by atoms with Crippen LogP contribution in [0.25, 0.3) is 33.5 Å². The normalized spacial score (nSPS) is 11.4. The van der Waals surface area contributed by atoms with E-state index in [1.165, 1.54) is 12.1 Å². The van der Waals surface area contributed by atoms with Crippen molar-refractivity contribution in [1.82, 2.24) is 29.3 Å². The van der Waals surface area contributed by atoms with Crippen LogP contribution in [0.5, 0.6) is 0 Å². The second kappa shape index (κ2) is 6.45. The summed E-state index contributed by atoms with van der Waals surface area (Å²) in [5.41, 5.74) is 5.54. The van der Waals surface area contributed by atoms with E-state index < -0.39 is 0 Å². The molecule has 5 rings (SSSR count). The van der Waals surface area contributed by atoms with Crippen LogP contribution in [0.4, 0.5) is 4.39 Å². The van der Waals surface area contributed by atoms with Crippen LogP contribution in [0.1, 0.15) is 5.56 Å². The maximum atomic E-state index is 13.4. The molecule has 0 saturated heterocycles. The topological polar surface area (TPSA) is 64.3 Å². The van der Waals surface area contributed by atoms with E-state index in [0.29, 0.717) is 6.54 Å². The van der Waals surface area contributed by atoms with Gasteiger partial charge in [0.05, 0.1) is 30.5 Å². The van der Waals surface area contributed by atoms with E-state index in [-0.39, 0.29) is 5.82 Å². The molecule has 7 heteroatoms. The number of benzene rings is 1. The van der Waals surface area contributed by atoms with Gasteiger partial charge in [0.1, 0.15) is 11.5 Å². The predicted molar refractivity (Wildman–Crippen MR) is 105 cm³/mol. The zero-order valence-corrected chi connectivity index (χ0v) is 15.2. The van der Waals surface area contributed by atoms with Gasteiger partial charge in [-0.15, -0.1) is 0 Å². The Hall–Kier alpha value is -3.74. The molecule has 0 saturated carbocycles. The Kier molecular flexibility index (Phi) is 3.79. The van der Waals surface area contributed by atoms with Crippen molar-refractivity contribution in [2.45, 2.75) is 6.54 Å². The van der Waals surface area contributed by atoms with Crippen LogP contribution >= 0.6 is 0 Å². The lowest BCUT2D eigenvalue weighted by molar-refractivity contribution is 0.628.